The molecule has 1 aromatic carbocycles. The van der Waals surface area contributed by atoms with Gasteiger partial charge in [0.1, 0.15) is 6.54 Å². The monoisotopic (exact) mass is 238 g/mol. The molecule has 0 bridgehead atoms. The van der Waals surface area contributed by atoms with E-state index in [1.165, 1.54) is 11.3 Å². The Morgan fingerprint density at radius 2 is 1.83 bits per heavy atom. The van der Waals surface area contributed by atoms with E-state index in [9.17, 15) is 0 Å². The highest BCUT2D eigenvalue weighted by Crippen LogP contribution is 2.18. The van der Waals surface area contributed by atoms with Gasteiger partial charge in [0, 0.05) is 12.5 Å². The van der Waals surface area contributed by atoms with Gasteiger partial charge in [-0.05, 0) is 11.6 Å². The summed E-state index contributed by atoms with van der Waals surface area (Å²) in [6.07, 6.45) is 3.05. The first-order valence-corrected chi connectivity index (χ1v) is 6.20. The zero-order chi connectivity index (χ0) is 12.4. The zero-order valence-electron chi connectivity index (χ0n) is 10.5. The van der Waals surface area contributed by atoms with Crippen LogP contribution in [0.1, 0.15) is 12.0 Å². The first-order valence-electron chi connectivity index (χ1n) is 6.20. The fraction of sp³-hybridized carbons (Fsp3) is 0.200. The fourth-order valence-electron chi connectivity index (χ4n) is 2.24. The van der Waals surface area contributed by atoms with Gasteiger partial charge in [-0.15, -0.1) is 5.01 Å². The van der Waals surface area contributed by atoms with E-state index in [0.717, 1.165) is 18.8 Å². The van der Waals surface area contributed by atoms with Gasteiger partial charge in [-0.2, -0.15) is 0 Å². The third-order valence-electron chi connectivity index (χ3n) is 3.20. The number of nitrogens with zero attached hydrogens (tertiary/aromatic N) is 3. The highest BCUT2D eigenvalue weighted by molar-refractivity contribution is 6.02. The zero-order valence-corrected chi connectivity index (χ0v) is 10.5. The van der Waals surface area contributed by atoms with Crippen LogP contribution in [0.25, 0.3) is 0 Å². The minimum atomic E-state index is 0.947. The van der Waals surface area contributed by atoms with Gasteiger partial charge >= 0.3 is 5.82 Å². The maximum absolute atomic E-state index is 4.72. The van der Waals surface area contributed by atoms with E-state index in [2.05, 4.69) is 39.9 Å². The van der Waals surface area contributed by atoms with E-state index in [-0.39, 0.29) is 0 Å². The average molecular weight is 238 g/mol. The molecule has 3 heteroatoms. The Hall–Kier alpha value is -2.16. The number of anilines is 1. The van der Waals surface area contributed by atoms with Crippen molar-refractivity contribution in [1.29, 1.82) is 0 Å². The molecule has 0 unspecified atom stereocenters. The molecule has 1 aliphatic rings. The fourth-order valence-corrected chi connectivity index (χ4v) is 2.24. The molecule has 0 spiro atoms. The first kappa shape index (κ1) is 11.0. The van der Waals surface area contributed by atoms with Crippen molar-refractivity contribution in [2.45, 2.75) is 6.42 Å². The Morgan fingerprint density at radius 3 is 2.61 bits per heavy atom. The third-order valence-corrected chi connectivity index (χ3v) is 3.20. The minimum absolute atomic E-state index is 0.947. The van der Waals surface area contributed by atoms with Crippen molar-refractivity contribution in [3.63, 3.8) is 0 Å². The lowest BCUT2D eigenvalue weighted by Gasteiger charge is -2.06. The standard InChI is InChI=1S/C15H16N3/c1-17-11-6-5-9-15(17)18-12-10-14(16-18)13-7-3-2-4-8-13/h2-9,11H,10,12H2,1H3/q+1. The van der Waals surface area contributed by atoms with Gasteiger partial charge in [-0.25, -0.2) is 4.57 Å². The molecule has 2 aromatic rings. The van der Waals surface area contributed by atoms with Gasteiger partial charge in [0.25, 0.3) is 0 Å². The number of hydrogen-bond donors (Lipinski definition) is 0. The van der Waals surface area contributed by atoms with Crippen LogP contribution >= 0.6 is 0 Å². The minimum Gasteiger partial charge on any atom is -0.235 e. The Morgan fingerprint density at radius 1 is 1.06 bits per heavy atom. The number of benzene rings is 1. The first-order chi connectivity index (χ1) is 8.84. The summed E-state index contributed by atoms with van der Waals surface area (Å²) in [6.45, 7) is 0.947. The van der Waals surface area contributed by atoms with Gasteiger partial charge in [0.15, 0.2) is 0 Å². The second-order valence-electron chi connectivity index (χ2n) is 4.46. The van der Waals surface area contributed by atoms with Crippen LogP contribution < -0.4 is 9.58 Å². The lowest BCUT2D eigenvalue weighted by atomic mass is 10.1. The smallest absolute Gasteiger partial charge is 0.235 e. The summed E-state index contributed by atoms with van der Waals surface area (Å²) < 4.78 is 2.09. The number of aryl methyl sites for hydroxylation is 1. The molecule has 1 aromatic heterocycles. The van der Waals surface area contributed by atoms with Crippen molar-refractivity contribution in [3.8, 4) is 0 Å². The van der Waals surface area contributed by atoms with Gasteiger partial charge in [-0.3, -0.25) is 0 Å². The molecule has 0 saturated heterocycles. The quantitative estimate of drug-likeness (QED) is 0.734. The van der Waals surface area contributed by atoms with E-state index >= 15 is 0 Å². The molecule has 0 radical (unpaired) electrons. The molecule has 3 rings (SSSR count). The third kappa shape index (κ3) is 1.99. The summed E-state index contributed by atoms with van der Waals surface area (Å²) in [7, 11) is 2.05. The van der Waals surface area contributed by atoms with E-state index < -0.39 is 0 Å². The normalized spacial score (nSPS) is 14.7. The number of hydrazone groups is 1. The molecule has 90 valence electrons. The lowest BCUT2D eigenvalue weighted by molar-refractivity contribution is -0.658. The van der Waals surface area contributed by atoms with Crippen molar-refractivity contribution < 1.29 is 4.57 Å². The van der Waals surface area contributed by atoms with Crippen LogP contribution in [-0.4, -0.2) is 12.3 Å². The highest BCUT2D eigenvalue weighted by atomic mass is 15.5. The maximum atomic E-state index is 4.72. The highest BCUT2D eigenvalue weighted by Gasteiger charge is 2.25. The summed E-state index contributed by atoms with van der Waals surface area (Å²) >= 11 is 0. The molecule has 3 nitrogen and oxygen atoms in total. The maximum Gasteiger partial charge on any atom is 0.301 e. The van der Waals surface area contributed by atoms with Crippen molar-refractivity contribution in [1.82, 2.24) is 0 Å². The molecular weight excluding hydrogens is 222 g/mol. The summed E-state index contributed by atoms with van der Waals surface area (Å²) in [5.74, 6) is 1.13. The molecule has 0 amide bonds. The van der Waals surface area contributed by atoms with Crippen LogP contribution in [0, 0.1) is 0 Å². The van der Waals surface area contributed by atoms with Crippen LogP contribution in [0.5, 0.6) is 0 Å². The van der Waals surface area contributed by atoms with Crippen LogP contribution in [-0.2, 0) is 7.05 Å². The van der Waals surface area contributed by atoms with E-state index in [4.69, 9.17) is 5.10 Å². The van der Waals surface area contributed by atoms with Crippen molar-refractivity contribution in [3.05, 3.63) is 60.3 Å². The second-order valence-corrected chi connectivity index (χ2v) is 4.46. The number of rotatable bonds is 2. The molecule has 0 fully saturated rings. The predicted molar refractivity (Wildman–Crippen MR) is 72.6 cm³/mol. The van der Waals surface area contributed by atoms with Gasteiger partial charge < -0.3 is 0 Å². The van der Waals surface area contributed by atoms with Crippen LogP contribution in [0.15, 0.2) is 59.8 Å². The van der Waals surface area contributed by atoms with Crippen LogP contribution in [0.2, 0.25) is 0 Å². The van der Waals surface area contributed by atoms with Crippen LogP contribution in [0.3, 0.4) is 0 Å². The largest absolute Gasteiger partial charge is 0.301 e. The van der Waals surface area contributed by atoms with Crippen molar-refractivity contribution in [2.24, 2.45) is 12.1 Å². The summed E-state index contributed by atoms with van der Waals surface area (Å²) in [4.78, 5) is 0. The molecule has 0 aliphatic carbocycles. The Labute approximate surface area is 107 Å². The topological polar surface area (TPSA) is 19.5 Å². The van der Waals surface area contributed by atoms with Crippen molar-refractivity contribution >= 4 is 11.5 Å². The van der Waals surface area contributed by atoms with E-state index in [0.29, 0.717) is 0 Å². The molecule has 2 heterocycles. The molecule has 0 N–H and O–H groups in total. The number of aromatic nitrogens is 1. The SMILES string of the molecule is C[n+]1ccccc1N1CCC(c2ccccc2)=N1. The van der Waals surface area contributed by atoms with E-state index in [1.807, 2.05) is 31.4 Å². The Kier molecular flexibility index (Phi) is 2.81. The Bertz CT molecular complexity index is 575. The summed E-state index contributed by atoms with van der Waals surface area (Å²) in [6, 6.07) is 16.6. The van der Waals surface area contributed by atoms with Crippen molar-refractivity contribution in [2.75, 3.05) is 11.6 Å². The number of pyridine rings is 1. The molecule has 0 saturated carbocycles. The Balaban J connectivity index is 1.91. The van der Waals surface area contributed by atoms with Gasteiger partial charge in [0.2, 0.25) is 0 Å². The summed E-state index contributed by atoms with van der Waals surface area (Å²) in [5.41, 5.74) is 2.39. The van der Waals surface area contributed by atoms with E-state index in [1.54, 1.807) is 0 Å². The van der Waals surface area contributed by atoms with Gasteiger partial charge in [-0.1, -0.05) is 41.5 Å². The molecular formula is C15H16N3+. The predicted octanol–water partition coefficient (Wildman–Crippen LogP) is 2.13. The van der Waals surface area contributed by atoms with Crippen LogP contribution in [0.4, 0.5) is 5.82 Å². The summed E-state index contributed by atoms with van der Waals surface area (Å²) in [5, 5.41) is 6.79. The molecule has 0 atom stereocenters. The second kappa shape index (κ2) is 4.61. The molecule has 1 aliphatic heterocycles. The lowest BCUT2D eigenvalue weighted by Crippen LogP contribution is -2.35. The average Bonchev–Trinajstić information content (AvgIpc) is 2.90. The molecule has 18 heavy (non-hydrogen) atoms. The number of hydrogen-bond acceptors (Lipinski definition) is 2. The van der Waals surface area contributed by atoms with Gasteiger partial charge in [0.05, 0.1) is 19.0 Å².